The number of nitrogens with zero attached hydrogens (tertiary/aromatic N) is 1. The molecule has 1 N–H and O–H groups in total. The van der Waals surface area contributed by atoms with Crippen molar-refractivity contribution in [3.05, 3.63) is 71.3 Å². The Kier molecular flexibility index (Phi) is 5.69. The van der Waals surface area contributed by atoms with E-state index < -0.39 is 47.7 Å². The van der Waals surface area contributed by atoms with E-state index in [0.717, 1.165) is 29.0 Å². The first-order valence-corrected chi connectivity index (χ1v) is 11.4. The van der Waals surface area contributed by atoms with Crippen LogP contribution in [-0.4, -0.2) is 30.3 Å². The number of nitrogens with one attached hydrogen (secondary N) is 1. The van der Waals surface area contributed by atoms with Crippen LogP contribution in [0.3, 0.4) is 0 Å². The van der Waals surface area contributed by atoms with Crippen LogP contribution in [0.25, 0.3) is 0 Å². The highest BCUT2D eigenvalue weighted by atomic mass is 19.4. The SMILES string of the molecule is CC1=C[C@H]2C[C@H]1[C@@H]1C(=O)N(c3cccc(C(=O)OCC(=O)Nc4ccccc4C(F)(F)F)c3)C(=O)[C@H]12. The Bertz CT molecular complexity index is 1320. The maximum atomic E-state index is 13.1. The smallest absolute Gasteiger partial charge is 0.418 e. The third kappa shape index (κ3) is 3.96. The number of carbonyl (C=O) groups is 4. The van der Waals surface area contributed by atoms with Gasteiger partial charge < -0.3 is 10.1 Å². The number of anilines is 2. The van der Waals surface area contributed by atoms with Crippen molar-refractivity contribution in [2.45, 2.75) is 19.5 Å². The van der Waals surface area contributed by atoms with Gasteiger partial charge in [0.25, 0.3) is 5.91 Å². The second-order valence-corrected chi connectivity index (χ2v) is 9.20. The Morgan fingerprint density at radius 3 is 2.53 bits per heavy atom. The van der Waals surface area contributed by atoms with Crippen molar-refractivity contribution >= 4 is 35.1 Å². The van der Waals surface area contributed by atoms with Gasteiger partial charge in [0.05, 0.1) is 34.3 Å². The first-order valence-electron chi connectivity index (χ1n) is 11.4. The molecule has 1 saturated heterocycles. The van der Waals surface area contributed by atoms with Crippen LogP contribution in [0.1, 0.15) is 29.3 Å². The third-order valence-electron chi connectivity index (χ3n) is 7.06. The van der Waals surface area contributed by atoms with Crippen LogP contribution < -0.4 is 10.2 Å². The van der Waals surface area contributed by atoms with Gasteiger partial charge in [-0.25, -0.2) is 9.69 Å². The van der Waals surface area contributed by atoms with Gasteiger partial charge >= 0.3 is 12.1 Å². The van der Waals surface area contributed by atoms with E-state index in [1.807, 2.05) is 6.92 Å². The summed E-state index contributed by atoms with van der Waals surface area (Å²) in [4.78, 5) is 52.0. The minimum Gasteiger partial charge on any atom is -0.452 e. The molecule has 0 aromatic heterocycles. The van der Waals surface area contributed by atoms with E-state index >= 15 is 0 Å². The summed E-state index contributed by atoms with van der Waals surface area (Å²) >= 11 is 0. The number of ether oxygens (including phenoxy) is 1. The molecule has 7 nitrogen and oxygen atoms in total. The lowest BCUT2D eigenvalue weighted by Gasteiger charge is -2.19. The van der Waals surface area contributed by atoms with Gasteiger partial charge in [-0.1, -0.05) is 29.8 Å². The van der Waals surface area contributed by atoms with Crippen molar-refractivity contribution in [1.29, 1.82) is 0 Å². The van der Waals surface area contributed by atoms with Gasteiger partial charge in [-0.05, 0) is 55.5 Å². The number of rotatable bonds is 5. The van der Waals surface area contributed by atoms with Gasteiger partial charge in [0.1, 0.15) is 0 Å². The topological polar surface area (TPSA) is 92.8 Å². The van der Waals surface area contributed by atoms with Gasteiger partial charge in [0, 0.05) is 0 Å². The zero-order valence-electron chi connectivity index (χ0n) is 19.0. The Balaban J connectivity index is 1.25. The molecule has 3 aliphatic rings. The minimum atomic E-state index is -4.67. The maximum Gasteiger partial charge on any atom is 0.418 e. The number of hydrogen-bond acceptors (Lipinski definition) is 5. The number of benzene rings is 2. The lowest BCUT2D eigenvalue weighted by Crippen LogP contribution is -2.33. The van der Waals surface area contributed by atoms with Crippen molar-refractivity contribution in [2.75, 3.05) is 16.8 Å². The molecule has 2 bridgehead atoms. The van der Waals surface area contributed by atoms with E-state index in [9.17, 15) is 32.3 Å². The zero-order valence-corrected chi connectivity index (χ0v) is 19.0. The number of fused-ring (bicyclic) bond motifs is 5. The van der Waals surface area contributed by atoms with E-state index in [1.165, 1.54) is 36.4 Å². The number of carbonyl (C=O) groups excluding carboxylic acids is 4. The normalized spacial score (nSPS) is 24.6. The van der Waals surface area contributed by atoms with Crippen molar-refractivity contribution in [2.24, 2.45) is 23.7 Å². The highest BCUT2D eigenvalue weighted by Crippen LogP contribution is 2.55. The number of alkyl halides is 3. The second kappa shape index (κ2) is 8.61. The molecule has 1 aliphatic heterocycles. The standard InChI is InChI=1S/C26H21F3N2O5/c1-13-9-15-11-17(13)22-21(15)23(33)31(24(22)34)16-6-4-5-14(10-16)25(35)36-12-20(32)30-19-8-3-2-7-18(19)26(27,28)29/h2-10,15,17,21-22H,11-12H2,1H3,(H,30,32)/t15-,17+,21-,22-/m0/s1. The van der Waals surface area contributed by atoms with E-state index in [-0.39, 0.29) is 34.9 Å². The summed E-state index contributed by atoms with van der Waals surface area (Å²) in [6.07, 6.45) is -1.81. The number of imide groups is 1. The van der Waals surface area contributed by atoms with Crippen LogP contribution >= 0.6 is 0 Å². The first kappa shape index (κ1) is 23.8. The largest absolute Gasteiger partial charge is 0.452 e. The molecule has 5 rings (SSSR count). The molecule has 186 valence electrons. The molecule has 36 heavy (non-hydrogen) atoms. The molecule has 10 heteroatoms. The minimum absolute atomic E-state index is 0.00840. The van der Waals surface area contributed by atoms with Crippen LogP contribution in [-0.2, 0) is 25.3 Å². The summed E-state index contributed by atoms with van der Waals surface area (Å²) in [5.74, 6) is -3.17. The first-order chi connectivity index (χ1) is 17.1. The molecule has 2 aromatic rings. The summed E-state index contributed by atoms with van der Waals surface area (Å²) in [7, 11) is 0. The predicted molar refractivity (Wildman–Crippen MR) is 122 cm³/mol. The van der Waals surface area contributed by atoms with Crippen LogP contribution in [0, 0.1) is 23.7 Å². The molecule has 0 radical (unpaired) electrons. The van der Waals surface area contributed by atoms with Gasteiger partial charge in [-0.15, -0.1) is 0 Å². The number of halogens is 3. The summed E-state index contributed by atoms with van der Waals surface area (Å²) in [5, 5.41) is 2.09. The van der Waals surface area contributed by atoms with E-state index in [1.54, 1.807) is 0 Å². The summed E-state index contributed by atoms with van der Waals surface area (Å²) < 4.78 is 44.3. The average Bonchev–Trinajstić information content (AvgIpc) is 3.47. The number of amides is 3. The lowest BCUT2D eigenvalue weighted by atomic mass is 9.82. The highest BCUT2D eigenvalue weighted by Gasteiger charge is 2.60. The maximum absolute atomic E-state index is 13.1. The van der Waals surface area contributed by atoms with Crippen molar-refractivity contribution in [1.82, 2.24) is 0 Å². The molecule has 1 heterocycles. The van der Waals surface area contributed by atoms with Gasteiger partial charge in [-0.2, -0.15) is 13.2 Å². The molecular formula is C26H21F3N2O5. The third-order valence-corrected chi connectivity index (χ3v) is 7.06. The second-order valence-electron chi connectivity index (χ2n) is 9.20. The highest BCUT2D eigenvalue weighted by molar-refractivity contribution is 6.23. The Morgan fingerprint density at radius 2 is 1.78 bits per heavy atom. The Morgan fingerprint density at radius 1 is 1.06 bits per heavy atom. The molecule has 2 aromatic carbocycles. The fourth-order valence-corrected chi connectivity index (χ4v) is 5.54. The Labute approximate surface area is 203 Å². The number of hydrogen-bond donors (Lipinski definition) is 1. The molecule has 0 spiro atoms. The fraction of sp³-hybridized carbons (Fsp3) is 0.308. The van der Waals surface area contributed by atoms with Crippen LogP contribution in [0.5, 0.6) is 0 Å². The van der Waals surface area contributed by atoms with Crippen LogP contribution in [0.15, 0.2) is 60.2 Å². The number of para-hydroxylation sites is 1. The number of allylic oxidation sites excluding steroid dienone is 2. The predicted octanol–water partition coefficient (Wildman–Crippen LogP) is 4.20. The number of esters is 1. The molecule has 2 aliphatic carbocycles. The van der Waals surface area contributed by atoms with Gasteiger partial charge in [0.15, 0.2) is 6.61 Å². The summed E-state index contributed by atoms with van der Waals surface area (Å²) in [6, 6.07) is 10.2. The van der Waals surface area contributed by atoms with Crippen molar-refractivity contribution < 1.29 is 37.1 Å². The van der Waals surface area contributed by atoms with Crippen molar-refractivity contribution in [3.8, 4) is 0 Å². The molecule has 3 amide bonds. The van der Waals surface area contributed by atoms with Gasteiger partial charge in [-0.3, -0.25) is 14.4 Å². The molecular weight excluding hydrogens is 477 g/mol. The van der Waals surface area contributed by atoms with E-state index in [4.69, 9.17) is 4.74 Å². The fourth-order valence-electron chi connectivity index (χ4n) is 5.54. The molecule has 1 saturated carbocycles. The van der Waals surface area contributed by atoms with Crippen LogP contribution in [0.4, 0.5) is 24.5 Å². The molecule has 0 unspecified atom stereocenters. The average molecular weight is 498 g/mol. The van der Waals surface area contributed by atoms with E-state index in [0.29, 0.717) is 0 Å². The monoisotopic (exact) mass is 498 g/mol. The van der Waals surface area contributed by atoms with Gasteiger partial charge in [0.2, 0.25) is 11.8 Å². The summed E-state index contributed by atoms with van der Waals surface area (Å²) in [5.41, 5.74) is -0.137. The zero-order chi connectivity index (χ0) is 25.8. The van der Waals surface area contributed by atoms with Crippen LogP contribution in [0.2, 0.25) is 0 Å². The van der Waals surface area contributed by atoms with Crippen molar-refractivity contribution in [3.63, 3.8) is 0 Å². The lowest BCUT2D eigenvalue weighted by molar-refractivity contribution is -0.137. The molecule has 4 atom stereocenters. The quantitative estimate of drug-likeness (QED) is 0.379. The summed E-state index contributed by atoms with van der Waals surface area (Å²) in [6.45, 7) is 1.14. The Hall–Kier alpha value is -3.95. The van der Waals surface area contributed by atoms with E-state index in [2.05, 4.69) is 11.4 Å². The molecule has 2 fully saturated rings.